The number of carbonyl (C=O) groups is 1. The first-order chi connectivity index (χ1) is 12.0. The standard InChI is InChI=1S/C20H22O5/c1-12(14-7-8-17(22-3)16(9-14)13(2)21)15-10-18(23-4)20(25-6)19(11-15)24-5/h7-11H,1H2,2-6H3. The first-order valence-electron chi connectivity index (χ1n) is 7.65. The predicted octanol–water partition coefficient (Wildman–Crippen LogP) is 3.99. The molecule has 0 aliphatic heterocycles. The van der Waals surface area contributed by atoms with Gasteiger partial charge in [0.25, 0.3) is 0 Å². The van der Waals surface area contributed by atoms with E-state index < -0.39 is 0 Å². The van der Waals surface area contributed by atoms with Gasteiger partial charge in [0.2, 0.25) is 5.75 Å². The summed E-state index contributed by atoms with van der Waals surface area (Å²) in [5.74, 6) is 2.06. The molecule has 0 saturated carbocycles. The summed E-state index contributed by atoms with van der Waals surface area (Å²) in [5.41, 5.74) is 2.84. The summed E-state index contributed by atoms with van der Waals surface area (Å²) in [6.07, 6.45) is 0. The summed E-state index contributed by atoms with van der Waals surface area (Å²) in [4.78, 5) is 11.9. The van der Waals surface area contributed by atoms with E-state index in [4.69, 9.17) is 18.9 Å². The summed E-state index contributed by atoms with van der Waals surface area (Å²) in [6, 6.07) is 9.03. The topological polar surface area (TPSA) is 54.0 Å². The van der Waals surface area contributed by atoms with Crippen LogP contribution in [-0.4, -0.2) is 34.2 Å². The molecule has 0 spiro atoms. The number of methoxy groups -OCH3 is 4. The summed E-state index contributed by atoms with van der Waals surface area (Å²) < 4.78 is 21.3. The zero-order chi connectivity index (χ0) is 18.6. The van der Waals surface area contributed by atoms with Crippen LogP contribution in [0.3, 0.4) is 0 Å². The minimum Gasteiger partial charge on any atom is -0.496 e. The van der Waals surface area contributed by atoms with Crippen molar-refractivity contribution in [2.24, 2.45) is 0 Å². The highest BCUT2D eigenvalue weighted by atomic mass is 16.5. The molecule has 0 radical (unpaired) electrons. The second kappa shape index (κ2) is 7.75. The van der Waals surface area contributed by atoms with Gasteiger partial charge in [-0.2, -0.15) is 0 Å². The zero-order valence-electron chi connectivity index (χ0n) is 15.1. The summed E-state index contributed by atoms with van der Waals surface area (Å²) in [7, 11) is 6.21. The normalized spacial score (nSPS) is 10.1. The van der Waals surface area contributed by atoms with Crippen molar-refractivity contribution in [1.82, 2.24) is 0 Å². The highest BCUT2D eigenvalue weighted by Gasteiger charge is 2.16. The second-order valence-electron chi connectivity index (χ2n) is 5.36. The van der Waals surface area contributed by atoms with Crippen molar-refractivity contribution in [3.8, 4) is 23.0 Å². The Hall–Kier alpha value is -2.95. The fourth-order valence-electron chi connectivity index (χ4n) is 2.59. The van der Waals surface area contributed by atoms with E-state index in [2.05, 4.69) is 6.58 Å². The van der Waals surface area contributed by atoms with Gasteiger partial charge >= 0.3 is 0 Å². The van der Waals surface area contributed by atoms with Crippen LogP contribution in [0, 0.1) is 0 Å². The van der Waals surface area contributed by atoms with Gasteiger partial charge in [0, 0.05) is 0 Å². The Balaban J connectivity index is 2.54. The second-order valence-corrected chi connectivity index (χ2v) is 5.36. The van der Waals surface area contributed by atoms with Crippen LogP contribution in [0.4, 0.5) is 0 Å². The Morgan fingerprint density at radius 2 is 1.36 bits per heavy atom. The number of hydrogen-bond donors (Lipinski definition) is 0. The van der Waals surface area contributed by atoms with Gasteiger partial charge in [-0.25, -0.2) is 0 Å². The van der Waals surface area contributed by atoms with Gasteiger partial charge in [0.15, 0.2) is 17.3 Å². The Bertz CT molecular complexity index is 783. The van der Waals surface area contributed by atoms with Crippen LogP contribution in [0.2, 0.25) is 0 Å². The van der Waals surface area contributed by atoms with Crippen molar-refractivity contribution < 1.29 is 23.7 Å². The van der Waals surface area contributed by atoms with Crippen molar-refractivity contribution >= 4 is 11.4 Å². The van der Waals surface area contributed by atoms with E-state index in [0.717, 1.165) is 16.7 Å². The third-order valence-electron chi connectivity index (χ3n) is 3.94. The maximum atomic E-state index is 11.9. The Morgan fingerprint density at radius 1 is 0.800 bits per heavy atom. The van der Waals surface area contributed by atoms with Gasteiger partial charge in [0.05, 0.1) is 34.0 Å². The Kier molecular flexibility index (Phi) is 5.70. The molecule has 0 aliphatic carbocycles. The molecule has 0 aliphatic rings. The number of ketones is 1. The van der Waals surface area contributed by atoms with Crippen LogP contribution in [0.15, 0.2) is 36.9 Å². The SMILES string of the molecule is C=C(c1cc(OC)c(OC)c(OC)c1)c1ccc(OC)c(C(C)=O)c1. The van der Waals surface area contributed by atoms with E-state index in [0.29, 0.717) is 28.6 Å². The number of benzene rings is 2. The number of rotatable bonds is 7. The first-order valence-corrected chi connectivity index (χ1v) is 7.65. The molecule has 25 heavy (non-hydrogen) atoms. The van der Waals surface area contributed by atoms with Crippen molar-refractivity contribution in [3.63, 3.8) is 0 Å². The molecular formula is C20H22O5. The van der Waals surface area contributed by atoms with Crippen LogP contribution >= 0.6 is 0 Å². The quantitative estimate of drug-likeness (QED) is 0.712. The highest BCUT2D eigenvalue weighted by Crippen LogP contribution is 2.41. The molecule has 132 valence electrons. The van der Waals surface area contributed by atoms with Gasteiger partial charge in [-0.3, -0.25) is 4.79 Å². The van der Waals surface area contributed by atoms with Crippen LogP contribution in [0.5, 0.6) is 23.0 Å². The molecule has 0 unspecified atom stereocenters. The van der Waals surface area contributed by atoms with E-state index in [1.54, 1.807) is 33.5 Å². The van der Waals surface area contributed by atoms with E-state index >= 15 is 0 Å². The minimum absolute atomic E-state index is 0.0728. The molecule has 5 heteroatoms. The van der Waals surface area contributed by atoms with Gasteiger partial charge < -0.3 is 18.9 Å². The monoisotopic (exact) mass is 342 g/mol. The Morgan fingerprint density at radius 3 is 1.80 bits per heavy atom. The van der Waals surface area contributed by atoms with Crippen LogP contribution < -0.4 is 18.9 Å². The number of hydrogen-bond acceptors (Lipinski definition) is 5. The van der Waals surface area contributed by atoms with Gasteiger partial charge in [-0.15, -0.1) is 0 Å². The largest absolute Gasteiger partial charge is 0.496 e. The predicted molar refractivity (Wildman–Crippen MR) is 97.2 cm³/mol. The maximum Gasteiger partial charge on any atom is 0.203 e. The molecule has 2 aromatic rings. The summed E-state index contributed by atoms with van der Waals surface area (Å²) >= 11 is 0. The molecule has 0 aromatic heterocycles. The molecule has 5 nitrogen and oxygen atoms in total. The van der Waals surface area contributed by atoms with Crippen molar-refractivity contribution in [2.75, 3.05) is 28.4 Å². The van der Waals surface area contributed by atoms with Gasteiger partial charge in [0.1, 0.15) is 5.75 Å². The third kappa shape index (κ3) is 3.60. The zero-order valence-corrected chi connectivity index (χ0v) is 15.1. The Labute approximate surface area is 147 Å². The average molecular weight is 342 g/mol. The number of ether oxygens (including phenoxy) is 4. The first kappa shape index (κ1) is 18.4. The lowest BCUT2D eigenvalue weighted by Gasteiger charge is -2.16. The summed E-state index contributed by atoms with van der Waals surface area (Å²) in [5, 5.41) is 0. The molecule has 2 rings (SSSR count). The van der Waals surface area contributed by atoms with Gasteiger partial charge in [-0.05, 0) is 47.9 Å². The maximum absolute atomic E-state index is 11.9. The smallest absolute Gasteiger partial charge is 0.203 e. The van der Waals surface area contributed by atoms with Crippen molar-refractivity contribution in [1.29, 1.82) is 0 Å². The number of carbonyl (C=O) groups excluding carboxylic acids is 1. The third-order valence-corrected chi connectivity index (χ3v) is 3.94. The van der Waals surface area contributed by atoms with Crippen LogP contribution in [-0.2, 0) is 0 Å². The molecule has 0 atom stereocenters. The average Bonchev–Trinajstić information content (AvgIpc) is 2.65. The van der Waals surface area contributed by atoms with Crippen LogP contribution in [0.1, 0.15) is 28.4 Å². The molecule has 0 heterocycles. The van der Waals surface area contributed by atoms with Crippen molar-refractivity contribution in [3.05, 3.63) is 53.6 Å². The highest BCUT2D eigenvalue weighted by molar-refractivity contribution is 5.98. The molecule has 0 fully saturated rings. The summed E-state index contributed by atoms with van der Waals surface area (Å²) in [6.45, 7) is 5.66. The molecule has 0 N–H and O–H groups in total. The molecular weight excluding hydrogens is 320 g/mol. The lowest BCUT2D eigenvalue weighted by atomic mass is 9.96. The lowest BCUT2D eigenvalue weighted by molar-refractivity contribution is 0.101. The fraction of sp³-hybridized carbons (Fsp3) is 0.250. The van der Waals surface area contributed by atoms with E-state index in [1.807, 2.05) is 18.2 Å². The van der Waals surface area contributed by atoms with Crippen LogP contribution in [0.25, 0.3) is 5.57 Å². The van der Waals surface area contributed by atoms with Gasteiger partial charge in [-0.1, -0.05) is 12.6 Å². The molecule has 0 bridgehead atoms. The number of Topliss-reactive ketones (excluding diaryl/α,β-unsaturated/α-hetero) is 1. The lowest BCUT2D eigenvalue weighted by Crippen LogP contribution is -2.00. The molecule has 0 amide bonds. The van der Waals surface area contributed by atoms with Crippen molar-refractivity contribution in [2.45, 2.75) is 6.92 Å². The fourth-order valence-corrected chi connectivity index (χ4v) is 2.59. The minimum atomic E-state index is -0.0728. The molecule has 2 aromatic carbocycles. The van der Waals surface area contributed by atoms with E-state index in [1.165, 1.54) is 14.0 Å². The van der Waals surface area contributed by atoms with E-state index in [-0.39, 0.29) is 5.78 Å². The van der Waals surface area contributed by atoms with E-state index in [9.17, 15) is 4.79 Å². The molecule has 0 saturated heterocycles.